The fourth-order valence-electron chi connectivity index (χ4n) is 4.02. The van der Waals surface area contributed by atoms with Crippen LogP contribution in [0.4, 0.5) is 5.69 Å². The number of amides is 1. The highest BCUT2D eigenvalue weighted by Crippen LogP contribution is 2.35. The number of carbonyl (C=O) groups excluding carboxylic acids is 1. The number of halogens is 2. The standard InChI is InChI=1S/C23H22Cl2N6O2/c1-11(20-15(24)7-28-8-16(20)25)33-13-4-5-17(26)14(6-13)21(27)22-29-18-9-31(10-19(18)30-22)23(32)12-2-3-12/h4-8,11-12,27H,2-3,9-10,26H2,1H3,(H,29,30). The average molecular weight is 485 g/mol. The minimum atomic E-state index is -0.443. The number of anilines is 1. The number of aromatic amines is 1. The number of pyridine rings is 1. The third kappa shape index (κ3) is 4.16. The van der Waals surface area contributed by atoms with Crippen LogP contribution in [-0.2, 0) is 17.9 Å². The van der Waals surface area contributed by atoms with Crippen molar-refractivity contribution in [1.29, 1.82) is 5.41 Å². The molecule has 2 aromatic heterocycles. The first-order valence-electron chi connectivity index (χ1n) is 10.6. The van der Waals surface area contributed by atoms with Crippen LogP contribution in [0.15, 0.2) is 30.6 Å². The molecule has 0 radical (unpaired) electrons. The largest absolute Gasteiger partial charge is 0.486 e. The lowest BCUT2D eigenvalue weighted by molar-refractivity contribution is -0.133. The van der Waals surface area contributed by atoms with Gasteiger partial charge in [0.2, 0.25) is 5.91 Å². The monoisotopic (exact) mass is 484 g/mol. The number of H-pyrrole nitrogens is 1. The van der Waals surface area contributed by atoms with Crippen LogP contribution in [0.2, 0.25) is 10.0 Å². The van der Waals surface area contributed by atoms with Gasteiger partial charge in [0.1, 0.15) is 17.6 Å². The number of carbonyl (C=O) groups is 1. The zero-order valence-electron chi connectivity index (χ0n) is 17.9. The first-order chi connectivity index (χ1) is 15.8. The molecule has 3 heterocycles. The van der Waals surface area contributed by atoms with Gasteiger partial charge in [-0.1, -0.05) is 23.2 Å². The van der Waals surface area contributed by atoms with E-state index in [2.05, 4.69) is 15.0 Å². The Balaban J connectivity index is 1.34. The van der Waals surface area contributed by atoms with Gasteiger partial charge >= 0.3 is 0 Å². The van der Waals surface area contributed by atoms with Crippen molar-refractivity contribution in [3.63, 3.8) is 0 Å². The molecule has 5 rings (SSSR count). The number of benzene rings is 1. The number of nitrogens with two attached hydrogens (primary N) is 1. The highest BCUT2D eigenvalue weighted by Gasteiger charge is 2.37. The molecule has 3 aromatic rings. The Kier molecular flexibility index (Phi) is 5.50. The highest BCUT2D eigenvalue weighted by molar-refractivity contribution is 6.35. The fraction of sp³-hybridized carbons (Fsp3) is 0.304. The predicted octanol–water partition coefficient (Wildman–Crippen LogP) is 4.50. The second-order valence-electron chi connectivity index (χ2n) is 8.38. The molecule has 1 aliphatic heterocycles. The number of nitrogens with one attached hydrogen (secondary N) is 2. The van der Waals surface area contributed by atoms with Crippen molar-refractivity contribution in [2.45, 2.75) is 39.0 Å². The summed E-state index contributed by atoms with van der Waals surface area (Å²) < 4.78 is 6.05. The van der Waals surface area contributed by atoms with Crippen LogP contribution < -0.4 is 10.5 Å². The molecule has 0 bridgehead atoms. The first kappa shape index (κ1) is 21.7. The Morgan fingerprint density at radius 1 is 1.27 bits per heavy atom. The van der Waals surface area contributed by atoms with Crippen molar-refractivity contribution in [2.75, 3.05) is 5.73 Å². The fourth-order valence-corrected chi connectivity index (χ4v) is 4.69. The predicted molar refractivity (Wildman–Crippen MR) is 126 cm³/mol. The van der Waals surface area contributed by atoms with Crippen molar-refractivity contribution >= 4 is 40.5 Å². The van der Waals surface area contributed by atoms with E-state index in [0.29, 0.717) is 51.5 Å². The van der Waals surface area contributed by atoms with Crippen molar-refractivity contribution in [3.8, 4) is 5.75 Å². The van der Waals surface area contributed by atoms with Gasteiger partial charge in [-0.2, -0.15) is 0 Å². The molecule has 8 nitrogen and oxygen atoms in total. The molecule has 0 saturated heterocycles. The third-order valence-electron chi connectivity index (χ3n) is 5.93. The number of nitrogens with zero attached hydrogens (tertiary/aromatic N) is 3. The van der Waals surface area contributed by atoms with E-state index in [9.17, 15) is 4.79 Å². The van der Waals surface area contributed by atoms with Gasteiger partial charge in [0.05, 0.1) is 34.5 Å². The Bertz CT molecular complexity index is 1230. The van der Waals surface area contributed by atoms with E-state index >= 15 is 0 Å². The summed E-state index contributed by atoms with van der Waals surface area (Å²) in [5, 5.41) is 9.51. The van der Waals surface area contributed by atoms with Crippen LogP contribution in [0.1, 0.15) is 54.2 Å². The van der Waals surface area contributed by atoms with Crippen LogP contribution in [0.5, 0.6) is 5.75 Å². The molecular formula is C23H22Cl2N6O2. The third-order valence-corrected chi connectivity index (χ3v) is 6.54. The van der Waals surface area contributed by atoms with Crippen molar-refractivity contribution < 1.29 is 9.53 Å². The Labute approximate surface area is 200 Å². The van der Waals surface area contributed by atoms with Gasteiger partial charge < -0.3 is 20.4 Å². The van der Waals surface area contributed by atoms with Crippen molar-refractivity contribution in [2.24, 2.45) is 5.92 Å². The number of hydrogen-bond donors (Lipinski definition) is 3. The Morgan fingerprint density at radius 2 is 2.00 bits per heavy atom. The van der Waals surface area contributed by atoms with E-state index in [1.54, 1.807) is 18.2 Å². The average Bonchev–Trinajstić information content (AvgIpc) is 3.43. The highest BCUT2D eigenvalue weighted by atomic mass is 35.5. The topological polar surface area (TPSA) is 121 Å². The lowest BCUT2D eigenvalue weighted by atomic mass is 10.1. The summed E-state index contributed by atoms with van der Waals surface area (Å²) in [6.07, 6.45) is 4.54. The molecule has 1 unspecified atom stereocenters. The van der Waals surface area contributed by atoms with Gasteiger partial charge in [0.25, 0.3) is 0 Å². The molecule has 1 amide bonds. The second kappa shape index (κ2) is 8.35. The summed E-state index contributed by atoms with van der Waals surface area (Å²) in [5.74, 6) is 1.29. The maximum Gasteiger partial charge on any atom is 0.226 e. The number of aromatic nitrogens is 3. The maximum atomic E-state index is 12.3. The van der Waals surface area contributed by atoms with Crippen molar-refractivity contribution in [3.05, 3.63) is 69.0 Å². The van der Waals surface area contributed by atoms with Gasteiger partial charge in [-0.25, -0.2) is 4.98 Å². The number of ether oxygens (including phenoxy) is 1. The van der Waals surface area contributed by atoms with Gasteiger partial charge in [-0.05, 0) is 38.0 Å². The quantitative estimate of drug-likeness (QED) is 0.351. The zero-order valence-corrected chi connectivity index (χ0v) is 19.4. The van der Waals surface area contributed by atoms with Crippen LogP contribution in [0, 0.1) is 11.3 Å². The molecule has 10 heteroatoms. The van der Waals surface area contributed by atoms with Crippen LogP contribution >= 0.6 is 23.2 Å². The SMILES string of the molecule is CC(Oc1ccc(N)c(C(=N)c2nc3c([nH]2)CN(C(=O)C2CC2)C3)c1)c1c(Cl)cncc1Cl. The number of rotatable bonds is 6. The summed E-state index contributed by atoms with van der Waals surface area (Å²) in [7, 11) is 0. The van der Waals surface area contributed by atoms with E-state index in [1.807, 2.05) is 11.8 Å². The van der Waals surface area contributed by atoms with E-state index in [0.717, 1.165) is 24.2 Å². The summed E-state index contributed by atoms with van der Waals surface area (Å²) in [4.78, 5) is 25.9. The van der Waals surface area contributed by atoms with Crippen LogP contribution in [0.25, 0.3) is 0 Å². The Morgan fingerprint density at radius 3 is 2.67 bits per heavy atom. The number of imidazole rings is 1. The molecular weight excluding hydrogens is 463 g/mol. The van der Waals surface area contributed by atoms with Crippen LogP contribution in [0.3, 0.4) is 0 Å². The number of nitrogen functional groups attached to an aromatic ring is 1. The van der Waals surface area contributed by atoms with E-state index < -0.39 is 6.10 Å². The Hall–Kier alpha value is -3.10. The molecule has 1 atom stereocenters. The minimum Gasteiger partial charge on any atom is -0.486 e. The minimum absolute atomic E-state index is 0.153. The van der Waals surface area contributed by atoms with Gasteiger partial charge in [0, 0.05) is 35.1 Å². The smallest absolute Gasteiger partial charge is 0.226 e. The van der Waals surface area contributed by atoms with Gasteiger partial charge in [-0.15, -0.1) is 0 Å². The molecule has 1 fully saturated rings. The van der Waals surface area contributed by atoms with Gasteiger partial charge in [0.15, 0.2) is 5.82 Å². The second-order valence-corrected chi connectivity index (χ2v) is 9.19. The molecule has 0 spiro atoms. The summed E-state index contributed by atoms with van der Waals surface area (Å²) in [6.45, 7) is 2.80. The van der Waals surface area contributed by atoms with Crippen LogP contribution in [-0.4, -0.2) is 31.5 Å². The molecule has 33 heavy (non-hydrogen) atoms. The van der Waals surface area contributed by atoms with E-state index in [-0.39, 0.29) is 17.5 Å². The van der Waals surface area contributed by atoms with E-state index in [1.165, 1.54) is 12.4 Å². The molecule has 1 saturated carbocycles. The lowest BCUT2D eigenvalue weighted by Crippen LogP contribution is -2.27. The van der Waals surface area contributed by atoms with Gasteiger partial charge in [-0.3, -0.25) is 15.2 Å². The lowest BCUT2D eigenvalue weighted by Gasteiger charge is -2.18. The molecule has 1 aliphatic carbocycles. The van der Waals surface area contributed by atoms with Crippen molar-refractivity contribution in [1.82, 2.24) is 19.9 Å². The molecule has 1 aromatic carbocycles. The molecule has 2 aliphatic rings. The zero-order chi connectivity index (χ0) is 23.3. The van der Waals surface area contributed by atoms with E-state index in [4.69, 9.17) is 39.1 Å². The summed E-state index contributed by atoms with van der Waals surface area (Å²) in [5.41, 5.74) is 9.54. The number of fused-ring (bicyclic) bond motifs is 1. The first-order valence-corrected chi connectivity index (χ1v) is 11.4. The maximum absolute atomic E-state index is 12.3. The summed E-state index contributed by atoms with van der Waals surface area (Å²) >= 11 is 12.5. The molecule has 4 N–H and O–H groups in total. The number of hydrogen-bond acceptors (Lipinski definition) is 6. The normalized spacial score (nSPS) is 15.9. The molecule has 170 valence electrons. The summed E-state index contributed by atoms with van der Waals surface area (Å²) in [6, 6.07) is 5.12.